The van der Waals surface area contributed by atoms with Gasteiger partial charge in [-0.25, -0.2) is 9.29 Å². The number of aromatic nitrogens is 1. The maximum atomic E-state index is 4.65. The summed E-state index contributed by atoms with van der Waals surface area (Å²) in [6, 6.07) is 0. The lowest BCUT2D eigenvalue weighted by molar-refractivity contribution is 0.0676. The Kier molecular flexibility index (Phi) is 5.36. The molecule has 0 radical (unpaired) electrons. The van der Waals surface area contributed by atoms with Gasteiger partial charge in [-0.1, -0.05) is 31.4 Å². The van der Waals surface area contributed by atoms with Gasteiger partial charge in [0.25, 0.3) is 0 Å². The summed E-state index contributed by atoms with van der Waals surface area (Å²) in [5.41, 5.74) is 0.373. The lowest BCUT2D eigenvalue weighted by Crippen LogP contribution is -2.54. The first-order valence-corrected chi connectivity index (χ1v) is 9.29. The van der Waals surface area contributed by atoms with E-state index < -0.39 is 0 Å². The van der Waals surface area contributed by atoms with E-state index in [2.05, 4.69) is 56.2 Å². The van der Waals surface area contributed by atoms with Crippen molar-refractivity contribution < 1.29 is 0 Å². The van der Waals surface area contributed by atoms with Crippen LogP contribution in [0, 0.1) is 0 Å². The Bertz CT molecular complexity index is 652. The molecule has 0 aromatic carbocycles. The van der Waals surface area contributed by atoms with Crippen LogP contribution in [0.25, 0.3) is 12.7 Å². The van der Waals surface area contributed by atoms with Gasteiger partial charge in [-0.2, -0.15) is 0 Å². The van der Waals surface area contributed by atoms with E-state index >= 15 is 0 Å². The lowest BCUT2D eigenvalue weighted by atomic mass is 9.83. The Hall–Kier alpha value is -0.840. The van der Waals surface area contributed by atoms with Crippen LogP contribution in [-0.2, 0) is 0 Å². The van der Waals surface area contributed by atoms with Crippen LogP contribution in [0.15, 0.2) is 29.1 Å². The molecule has 0 amide bonds. The highest BCUT2D eigenvalue weighted by atomic mass is 32.2. The summed E-state index contributed by atoms with van der Waals surface area (Å²) >= 11 is 3.50. The molecule has 0 saturated carbocycles. The minimum atomic E-state index is 0.187. The van der Waals surface area contributed by atoms with Gasteiger partial charge in [0.05, 0.1) is 9.88 Å². The number of rotatable bonds is 4. The van der Waals surface area contributed by atoms with Gasteiger partial charge in [-0.05, 0) is 65.0 Å². The van der Waals surface area contributed by atoms with Gasteiger partial charge in [0.1, 0.15) is 0 Å². The molecule has 22 heavy (non-hydrogen) atoms. The maximum Gasteiger partial charge on any atom is 0.166 e. The van der Waals surface area contributed by atoms with Crippen molar-refractivity contribution >= 4 is 35.9 Å². The van der Waals surface area contributed by atoms with Gasteiger partial charge in [0, 0.05) is 11.1 Å². The molecule has 1 fully saturated rings. The minimum absolute atomic E-state index is 0.187. The Morgan fingerprint density at radius 1 is 1.18 bits per heavy atom. The average molecular weight is 335 g/mol. The van der Waals surface area contributed by atoms with Gasteiger partial charge in [0.15, 0.2) is 4.34 Å². The highest BCUT2D eigenvalue weighted by Gasteiger charge is 2.42. The van der Waals surface area contributed by atoms with E-state index in [4.69, 9.17) is 0 Å². The second kappa shape index (κ2) is 6.73. The van der Waals surface area contributed by atoms with Crippen molar-refractivity contribution in [1.82, 2.24) is 9.29 Å². The standard InChI is InChI=1S/C18H26N2S2/c1-7-8-9-11-15-14(2)19-16(21-15)22-20-17(3,4)12-10-13-18(20,5)6/h7-9,11H,1-2,10,12-13H2,3-6H3/b9-8-,15-11+. The van der Waals surface area contributed by atoms with Crippen LogP contribution in [0.5, 0.6) is 0 Å². The summed E-state index contributed by atoms with van der Waals surface area (Å²) in [4.78, 5) is 4.65. The van der Waals surface area contributed by atoms with Crippen LogP contribution < -0.4 is 9.88 Å². The van der Waals surface area contributed by atoms with Gasteiger partial charge >= 0.3 is 0 Å². The van der Waals surface area contributed by atoms with E-state index in [1.165, 1.54) is 19.3 Å². The molecule has 0 unspecified atom stereocenters. The fourth-order valence-electron chi connectivity index (χ4n) is 3.03. The minimum Gasteiger partial charge on any atom is -0.233 e. The van der Waals surface area contributed by atoms with Crippen molar-refractivity contribution in [2.75, 3.05) is 0 Å². The number of allylic oxidation sites excluding steroid dienone is 3. The summed E-state index contributed by atoms with van der Waals surface area (Å²) in [6.07, 6.45) is 11.5. The van der Waals surface area contributed by atoms with Gasteiger partial charge < -0.3 is 0 Å². The quantitative estimate of drug-likeness (QED) is 0.608. The number of hydrogen-bond acceptors (Lipinski definition) is 4. The number of thiazole rings is 1. The van der Waals surface area contributed by atoms with Crippen LogP contribution in [0.2, 0.25) is 0 Å². The zero-order valence-corrected chi connectivity index (χ0v) is 15.7. The molecule has 0 atom stereocenters. The van der Waals surface area contributed by atoms with Gasteiger partial charge in [-0.15, -0.1) is 11.3 Å². The van der Waals surface area contributed by atoms with E-state index in [-0.39, 0.29) is 11.1 Å². The smallest absolute Gasteiger partial charge is 0.166 e. The van der Waals surface area contributed by atoms with Crippen molar-refractivity contribution in [3.05, 3.63) is 34.7 Å². The van der Waals surface area contributed by atoms with Crippen LogP contribution in [-0.4, -0.2) is 20.4 Å². The molecule has 1 saturated heterocycles. The number of piperidine rings is 1. The van der Waals surface area contributed by atoms with E-state index in [1.54, 1.807) is 29.4 Å². The summed E-state index contributed by atoms with van der Waals surface area (Å²) in [5, 5.41) is 0.855. The lowest BCUT2D eigenvalue weighted by Gasteiger charge is -2.51. The van der Waals surface area contributed by atoms with E-state index in [0.29, 0.717) is 0 Å². The van der Waals surface area contributed by atoms with Crippen LogP contribution >= 0.6 is 23.3 Å². The zero-order valence-electron chi connectivity index (χ0n) is 14.1. The first kappa shape index (κ1) is 17.5. The largest absolute Gasteiger partial charge is 0.233 e. The molecule has 2 heterocycles. The summed E-state index contributed by atoms with van der Waals surface area (Å²) < 4.78 is 4.73. The molecule has 1 aliphatic heterocycles. The molecule has 0 N–H and O–H groups in total. The van der Waals surface area contributed by atoms with Crippen LogP contribution in [0.1, 0.15) is 47.0 Å². The van der Waals surface area contributed by atoms with Crippen molar-refractivity contribution in [1.29, 1.82) is 0 Å². The summed E-state index contributed by atoms with van der Waals surface area (Å²) in [5.74, 6) is 0. The molecule has 1 aromatic rings. The number of nitrogens with zero attached hydrogens (tertiary/aromatic N) is 2. The van der Waals surface area contributed by atoms with Crippen molar-refractivity contribution in [2.45, 2.75) is 62.4 Å². The highest BCUT2D eigenvalue weighted by molar-refractivity contribution is 7.98. The normalized spacial score (nSPS) is 22.3. The van der Waals surface area contributed by atoms with Crippen LogP contribution in [0.3, 0.4) is 0 Å². The fraction of sp³-hybridized carbons (Fsp3) is 0.500. The molecular formula is C18H26N2S2. The molecular weight excluding hydrogens is 308 g/mol. The fourth-order valence-corrected chi connectivity index (χ4v) is 5.31. The second-order valence-corrected chi connectivity index (χ2v) is 9.17. The van der Waals surface area contributed by atoms with Gasteiger partial charge in [0.2, 0.25) is 0 Å². The SMILES string of the molecule is C=C/C=C\C=c1\sc(SN2C(C)(C)CCCC2(C)C)nc1=C. The second-order valence-electron chi connectivity index (χ2n) is 6.94. The summed E-state index contributed by atoms with van der Waals surface area (Å²) in [7, 11) is 0. The molecule has 0 aliphatic carbocycles. The molecule has 1 aromatic heterocycles. The third-order valence-corrected chi connectivity index (χ3v) is 6.80. The zero-order chi connectivity index (χ0) is 16.4. The Balaban J connectivity index is 2.28. The topological polar surface area (TPSA) is 16.1 Å². The van der Waals surface area contributed by atoms with E-state index in [1.807, 2.05) is 12.2 Å². The van der Waals surface area contributed by atoms with Crippen molar-refractivity contribution in [3.8, 4) is 0 Å². The molecule has 2 rings (SSSR count). The van der Waals surface area contributed by atoms with Crippen LogP contribution in [0.4, 0.5) is 0 Å². The Morgan fingerprint density at radius 2 is 1.82 bits per heavy atom. The van der Waals surface area contributed by atoms with Crippen molar-refractivity contribution in [3.63, 3.8) is 0 Å². The number of hydrogen-bond donors (Lipinski definition) is 0. The third-order valence-electron chi connectivity index (χ3n) is 4.05. The Morgan fingerprint density at radius 3 is 2.41 bits per heavy atom. The Labute approximate surface area is 142 Å². The predicted octanol–water partition coefficient (Wildman–Crippen LogP) is 4.13. The highest BCUT2D eigenvalue weighted by Crippen LogP contribution is 2.45. The molecule has 4 heteroatoms. The van der Waals surface area contributed by atoms with Crippen molar-refractivity contribution in [2.24, 2.45) is 0 Å². The molecule has 1 aliphatic rings. The average Bonchev–Trinajstić information content (AvgIpc) is 2.75. The first-order valence-electron chi connectivity index (χ1n) is 7.70. The van der Waals surface area contributed by atoms with E-state index in [0.717, 1.165) is 14.2 Å². The molecule has 2 nitrogen and oxygen atoms in total. The first-order chi connectivity index (χ1) is 10.3. The monoisotopic (exact) mass is 334 g/mol. The molecule has 0 spiro atoms. The maximum absolute atomic E-state index is 4.65. The summed E-state index contributed by atoms with van der Waals surface area (Å²) in [6.45, 7) is 17.1. The molecule has 120 valence electrons. The third kappa shape index (κ3) is 3.92. The van der Waals surface area contributed by atoms with E-state index in [9.17, 15) is 0 Å². The predicted molar refractivity (Wildman–Crippen MR) is 100 cm³/mol. The van der Waals surface area contributed by atoms with Gasteiger partial charge in [-0.3, -0.25) is 0 Å². The molecule has 0 bridgehead atoms.